The molecule has 0 bridgehead atoms. The molecule has 384 valence electrons. The summed E-state index contributed by atoms with van der Waals surface area (Å²) in [6.07, 6.45) is 71.8. The van der Waals surface area contributed by atoms with Gasteiger partial charge in [0.2, 0.25) is 5.91 Å². The molecule has 0 aromatic heterocycles. The van der Waals surface area contributed by atoms with Crippen LogP contribution in [-0.2, 0) is 14.3 Å². The van der Waals surface area contributed by atoms with E-state index in [4.69, 9.17) is 4.74 Å². The van der Waals surface area contributed by atoms with Crippen molar-refractivity contribution in [2.45, 2.75) is 270 Å². The van der Waals surface area contributed by atoms with Gasteiger partial charge in [-0.1, -0.05) is 272 Å². The molecule has 0 aliphatic rings. The first-order valence-electron chi connectivity index (χ1n) is 28.1. The number of allylic oxidation sites excluding steroid dienone is 16. The molecule has 3 N–H and O–H groups in total. The minimum absolute atomic E-state index is 0.0396. The molecule has 0 spiro atoms. The van der Waals surface area contributed by atoms with Gasteiger partial charge in [-0.15, -0.1) is 0 Å². The van der Waals surface area contributed by atoms with Gasteiger partial charge in [0.1, 0.15) is 6.10 Å². The third-order valence-electron chi connectivity index (χ3n) is 12.3. The standard InChI is InChI=1S/C61H105NO5/c1-4-7-10-13-16-19-22-25-28-30-33-35-38-41-44-47-50-53-59(64)58(56-63)62-60(65)55-57(52-49-46-43-40-37-34-32-29-26-23-20-17-14-11-8-5-2)67-61(66)54-51-48-45-42-39-36-31-27-24-21-18-15-12-9-6-3/h9,11-12,14-15,17-18,20-21,23-24,26,29,32,34,37,57-59,63-64H,4-8,10,13,16,19,22,25,27-28,30-31,33,35-36,38-56H2,1-3H3,(H,62,65)/b12-9+,14-11+,18-15+,20-17+,24-21+,26-23+,32-29+,37-34+. The summed E-state index contributed by atoms with van der Waals surface area (Å²) >= 11 is 0. The number of nitrogens with one attached hydrogen (secondary N) is 1. The predicted octanol–water partition coefficient (Wildman–Crippen LogP) is 17.3. The van der Waals surface area contributed by atoms with Gasteiger partial charge in [-0.3, -0.25) is 9.59 Å². The first kappa shape index (κ1) is 63.8. The zero-order chi connectivity index (χ0) is 48.8. The Labute approximate surface area is 414 Å². The van der Waals surface area contributed by atoms with Crippen LogP contribution in [0, 0.1) is 0 Å². The third-order valence-corrected chi connectivity index (χ3v) is 12.3. The third kappa shape index (κ3) is 49.0. The molecule has 67 heavy (non-hydrogen) atoms. The van der Waals surface area contributed by atoms with Crippen LogP contribution in [0.4, 0.5) is 0 Å². The fraction of sp³-hybridized carbons (Fsp3) is 0.705. The van der Waals surface area contributed by atoms with Crippen molar-refractivity contribution in [3.05, 3.63) is 97.2 Å². The number of carbonyl (C=O) groups excluding carboxylic acids is 2. The van der Waals surface area contributed by atoms with E-state index >= 15 is 0 Å². The fourth-order valence-corrected chi connectivity index (χ4v) is 8.11. The number of esters is 1. The predicted molar refractivity (Wildman–Crippen MR) is 291 cm³/mol. The molecule has 6 heteroatoms. The first-order chi connectivity index (χ1) is 33.0. The molecule has 0 saturated carbocycles. The molecule has 0 aliphatic carbocycles. The highest BCUT2D eigenvalue weighted by atomic mass is 16.5. The van der Waals surface area contributed by atoms with Crippen molar-refractivity contribution in [2.75, 3.05) is 6.61 Å². The number of amides is 1. The van der Waals surface area contributed by atoms with Crippen LogP contribution in [0.15, 0.2) is 97.2 Å². The average Bonchev–Trinajstić information content (AvgIpc) is 3.32. The van der Waals surface area contributed by atoms with Crippen LogP contribution in [0.25, 0.3) is 0 Å². The van der Waals surface area contributed by atoms with Crippen LogP contribution in [-0.4, -0.2) is 46.9 Å². The summed E-state index contributed by atoms with van der Waals surface area (Å²) in [5.74, 6) is -0.532. The van der Waals surface area contributed by atoms with Crippen molar-refractivity contribution in [3.63, 3.8) is 0 Å². The lowest BCUT2D eigenvalue weighted by Crippen LogP contribution is -2.46. The summed E-state index contributed by atoms with van der Waals surface area (Å²) in [5, 5.41) is 23.9. The summed E-state index contributed by atoms with van der Waals surface area (Å²) in [4.78, 5) is 26.2. The summed E-state index contributed by atoms with van der Waals surface area (Å²) in [5.41, 5.74) is 0. The van der Waals surface area contributed by atoms with Gasteiger partial charge in [0.15, 0.2) is 0 Å². The number of ether oxygens (including phenoxy) is 1. The van der Waals surface area contributed by atoms with Crippen molar-refractivity contribution in [1.82, 2.24) is 5.32 Å². The number of aliphatic hydroxyl groups is 2. The maximum atomic E-state index is 13.3. The molecule has 3 atom stereocenters. The minimum Gasteiger partial charge on any atom is -0.462 e. The zero-order valence-electron chi connectivity index (χ0n) is 43.8. The lowest BCUT2D eigenvalue weighted by atomic mass is 10.0. The fourth-order valence-electron chi connectivity index (χ4n) is 8.11. The smallest absolute Gasteiger partial charge is 0.306 e. The van der Waals surface area contributed by atoms with E-state index in [2.05, 4.69) is 86.8 Å². The van der Waals surface area contributed by atoms with Crippen LogP contribution in [0.5, 0.6) is 0 Å². The maximum absolute atomic E-state index is 13.3. The second-order valence-electron chi connectivity index (χ2n) is 18.8. The Morgan fingerprint density at radius 1 is 0.448 bits per heavy atom. The van der Waals surface area contributed by atoms with E-state index in [9.17, 15) is 19.8 Å². The Morgan fingerprint density at radius 3 is 1.30 bits per heavy atom. The monoisotopic (exact) mass is 932 g/mol. The number of hydrogen-bond donors (Lipinski definition) is 3. The Hall–Kier alpha value is -3.22. The molecular weight excluding hydrogens is 827 g/mol. The highest BCUT2D eigenvalue weighted by Gasteiger charge is 2.24. The topological polar surface area (TPSA) is 95.9 Å². The molecule has 3 unspecified atom stereocenters. The Kier molecular flexibility index (Phi) is 51.1. The number of aliphatic hydroxyl groups excluding tert-OH is 2. The summed E-state index contributed by atoms with van der Waals surface area (Å²) in [6.45, 7) is 6.27. The minimum atomic E-state index is -0.808. The summed E-state index contributed by atoms with van der Waals surface area (Å²) in [7, 11) is 0. The molecule has 6 nitrogen and oxygen atoms in total. The van der Waals surface area contributed by atoms with Gasteiger partial charge in [0.05, 0.1) is 25.2 Å². The van der Waals surface area contributed by atoms with Crippen molar-refractivity contribution < 1.29 is 24.5 Å². The molecule has 0 saturated heterocycles. The second-order valence-corrected chi connectivity index (χ2v) is 18.8. The highest BCUT2D eigenvalue weighted by molar-refractivity contribution is 5.77. The number of unbranched alkanes of at least 4 members (excludes halogenated alkanes) is 27. The van der Waals surface area contributed by atoms with Gasteiger partial charge in [-0.25, -0.2) is 0 Å². The van der Waals surface area contributed by atoms with Crippen LogP contribution < -0.4 is 5.32 Å². The van der Waals surface area contributed by atoms with E-state index in [-0.39, 0.29) is 24.9 Å². The molecule has 0 aliphatic heterocycles. The Balaban J connectivity index is 4.65. The molecule has 0 aromatic carbocycles. The number of carbonyl (C=O) groups is 2. The Bertz CT molecular complexity index is 1320. The van der Waals surface area contributed by atoms with E-state index in [1.807, 2.05) is 36.5 Å². The normalized spacial score (nSPS) is 13.9. The molecule has 1 amide bonds. The van der Waals surface area contributed by atoms with E-state index in [0.29, 0.717) is 19.3 Å². The number of hydrogen-bond acceptors (Lipinski definition) is 5. The maximum Gasteiger partial charge on any atom is 0.306 e. The van der Waals surface area contributed by atoms with Gasteiger partial charge in [-0.2, -0.15) is 0 Å². The van der Waals surface area contributed by atoms with Crippen LogP contribution in [0.1, 0.15) is 252 Å². The van der Waals surface area contributed by atoms with Gasteiger partial charge in [0.25, 0.3) is 0 Å². The van der Waals surface area contributed by atoms with E-state index in [1.54, 1.807) is 0 Å². The zero-order valence-corrected chi connectivity index (χ0v) is 43.8. The van der Waals surface area contributed by atoms with E-state index in [0.717, 1.165) is 83.5 Å². The van der Waals surface area contributed by atoms with Crippen molar-refractivity contribution >= 4 is 11.9 Å². The molecule has 0 rings (SSSR count). The van der Waals surface area contributed by atoms with Gasteiger partial charge in [-0.05, 0) is 64.2 Å². The molecule has 0 heterocycles. The quantitative estimate of drug-likeness (QED) is 0.0321. The molecule has 0 radical (unpaired) electrons. The molecule has 0 aromatic rings. The molecular formula is C61H105NO5. The van der Waals surface area contributed by atoms with Crippen molar-refractivity contribution in [1.29, 1.82) is 0 Å². The summed E-state index contributed by atoms with van der Waals surface area (Å²) in [6, 6.07) is -0.725. The van der Waals surface area contributed by atoms with Gasteiger partial charge in [0, 0.05) is 6.42 Å². The van der Waals surface area contributed by atoms with Crippen LogP contribution >= 0.6 is 0 Å². The number of rotatable bonds is 49. The second kappa shape index (κ2) is 53.7. The lowest BCUT2D eigenvalue weighted by Gasteiger charge is -2.24. The van der Waals surface area contributed by atoms with Crippen molar-refractivity contribution in [2.24, 2.45) is 0 Å². The molecule has 0 fully saturated rings. The van der Waals surface area contributed by atoms with Gasteiger partial charge >= 0.3 is 5.97 Å². The summed E-state index contributed by atoms with van der Waals surface area (Å²) < 4.78 is 5.93. The van der Waals surface area contributed by atoms with E-state index < -0.39 is 18.2 Å². The average molecular weight is 933 g/mol. The van der Waals surface area contributed by atoms with Crippen molar-refractivity contribution in [3.8, 4) is 0 Å². The first-order valence-corrected chi connectivity index (χ1v) is 28.1. The van der Waals surface area contributed by atoms with Gasteiger partial charge < -0.3 is 20.3 Å². The van der Waals surface area contributed by atoms with Crippen LogP contribution in [0.2, 0.25) is 0 Å². The van der Waals surface area contributed by atoms with Crippen LogP contribution in [0.3, 0.4) is 0 Å². The Morgan fingerprint density at radius 2 is 0.836 bits per heavy atom. The van der Waals surface area contributed by atoms with E-state index in [1.165, 1.54) is 122 Å². The lowest BCUT2D eigenvalue weighted by molar-refractivity contribution is -0.151. The SMILES string of the molecule is CC/C=C/C=C/C=C/CCCCCCCCCC(=O)OC(CCCCC/C=C/C=C/C=C/C=C/C=C/CCC)CC(=O)NC(CO)C(O)CCCCCCCCCCCCCCCCCCC. The largest absolute Gasteiger partial charge is 0.462 e. The highest BCUT2D eigenvalue weighted by Crippen LogP contribution is 2.18.